The Morgan fingerprint density at radius 1 is 0.962 bits per heavy atom. The Morgan fingerprint density at radius 3 is 2.04 bits per heavy atom. The number of hydrogen-bond donors (Lipinski definition) is 0. The van der Waals surface area contributed by atoms with E-state index in [0.717, 1.165) is 18.2 Å². The first kappa shape index (κ1) is 19.4. The lowest BCUT2D eigenvalue weighted by Gasteiger charge is -2.13. The molecule has 0 saturated carbocycles. The summed E-state index contributed by atoms with van der Waals surface area (Å²) >= 11 is 0. The van der Waals surface area contributed by atoms with E-state index in [0.29, 0.717) is 5.75 Å². The van der Waals surface area contributed by atoms with Crippen LogP contribution in [0.15, 0.2) is 42.5 Å². The van der Waals surface area contributed by atoms with Crippen LogP contribution < -0.4 is 14.2 Å². The van der Waals surface area contributed by atoms with Gasteiger partial charge in [-0.2, -0.15) is 13.2 Å². The van der Waals surface area contributed by atoms with Gasteiger partial charge in [-0.25, -0.2) is 0 Å². The molecule has 0 bridgehead atoms. The van der Waals surface area contributed by atoms with Gasteiger partial charge in [0, 0.05) is 5.56 Å². The molecule has 138 valence electrons. The molecular weight excluding hydrogens is 349 g/mol. The highest BCUT2D eigenvalue weighted by molar-refractivity contribution is 6.07. The summed E-state index contributed by atoms with van der Waals surface area (Å²) in [6.45, 7) is 0. The fraction of sp³-hybridized carbons (Fsp3) is 0.211. The molecular formula is C19H17F3O4. The van der Waals surface area contributed by atoms with Gasteiger partial charge < -0.3 is 14.2 Å². The molecule has 2 aromatic rings. The molecule has 4 nitrogen and oxygen atoms in total. The lowest BCUT2D eigenvalue weighted by Crippen LogP contribution is -2.07. The van der Waals surface area contributed by atoms with E-state index in [1.165, 1.54) is 51.7 Å². The molecule has 26 heavy (non-hydrogen) atoms. The second-order valence-corrected chi connectivity index (χ2v) is 5.20. The quantitative estimate of drug-likeness (QED) is 0.552. The predicted molar refractivity (Wildman–Crippen MR) is 90.9 cm³/mol. The van der Waals surface area contributed by atoms with Crippen molar-refractivity contribution in [3.8, 4) is 17.2 Å². The van der Waals surface area contributed by atoms with Gasteiger partial charge in [-0.3, -0.25) is 4.79 Å². The highest BCUT2D eigenvalue weighted by atomic mass is 19.4. The Bertz CT molecular complexity index is 801. The number of carbonyl (C=O) groups is 1. The summed E-state index contributed by atoms with van der Waals surface area (Å²) in [6, 6.07) is 7.89. The molecule has 0 spiro atoms. The molecule has 2 rings (SSSR count). The van der Waals surface area contributed by atoms with E-state index in [1.54, 1.807) is 0 Å². The van der Waals surface area contributed by atoms with Gasteiger partial charge in [0.05, 0.1) is 26.9 Å². The number of halogens is 3. The number of benzene rings is 2. The lowest BCUT2D eigenvalue weighted by molar-refractivity contribution is -0.137. The van der Waals surface area contributed by atoms with Crippen molar-refractivity contribution in [2.75, 3.05) is 21.3 Å². The zero-order chi connectivity index (χ0) is 19.3. The van der Waals surface area contributed by atoms with Crippen LogP contribution in [0.3, 0.4) is 0 Å². The minimum atomic E-state index is -4.50. The van der Waals surface area contributed by atoms with E-state index in [9.17, 15) is 18.0 Å². The largest absolute Gasteiger partial charge is 0.493 e. The topological polar surface area (TPSA) is 44.8 Å². The third kappa shape index (κ3) is 4.17. The average molecular weight is 366 g/mol. The summed E-state index contributed by atoms with van der Waals surface area (Å²) in [5.74, 6) is 0.373. The minimum Gasteiger partial charge on any atom is -0.493 e. The second kappa shape index (κ2) is 7.95. The molecule has 0 unspecified atom stereocenters. The van der Waals surface area contributed by atoms with Crippen LogP contribution in [0, 0.1) is 0 Å². The molecule has 0 radical (unpaired) electrons. The van der Waals surface area contributed by atoms with Crippen molar-refractivity contribution in [3.05, 3.63) is 59.2 Å². The highest BCUT2D eigenvalue weighted by Crippen LogP contribution is 2.38. The summed E-state index contributed by atoms with van der Waals surface area (Å²) < 4.78 is 54.5. The van der Waals surface area contributed by atoms with Gasteiger partial charge in [0.25, 0.3) is 0 Å². The van der Waals surface area contributed by atoms with Crippen LogP contribution >= 0.6 is 0 Å². The molecule has 7 heteroatoms. The molecule has 0 aliphatic rings. The van der Waals surface area contributed by atoms with E-state index in [-0.39, 0.29) is 22.6 Å². The van der Waals surface area contributed by atoms with Gasteiger partial charge in [0.2, 0.25) is 5.75 Å². The van der Waals surface area contributed by atoms with Gasteiger partial charge >= 0.3 is 6.18 Å². The number of ether oxygens (including phenoxy) is 3. The molecule has 2 aromatic carbocycles. The fourth-order valence-electron chi connectivity index (χ4n) is 2.39. The van der Waals surface area contributed by atoms with E-state index < -0.39 is 17.5 Å². The molecule has 0 saturated heterocycles. The van der Waals surface area contributed by atoms with Gasteiger partial charge in [0.1, 0.15) is 0 Å². The molecule has 0 N–H and O–H groups in total. The average Bonchev–Trinajstić information content (AvgIpc) is 2.64. The Hall–Kier alpha value is -2.96. The van der Waals surface area contributed by atoms with Crippen LogP contribution in [-0.2, 0) is 6.18 Å². The lowest BCUT2D eigenvalue weighted by atomic mass is 10.0. The van der Waals surface area contributed by atoms with Crippen LogP contribution in [0.5, 0.6) is 17.2 Å². The summed E-state index contributed by atoms with van der Waals surface area (Å²) in [5.41, 5.74) is -0.713. The smallest absolute Gasteiger partial charge is 0.416 e. The molecule has 0 aliphatic carbocycles. The number of alkyl halides is 3. The maximum Gasteiger partial charge on any atom is 0.416 e. The van der Waals surface area contributed by atoms with Crippen molar-refractivity contribution >= 4 is 11.9 Å². The number of allylic oxidation sites excluding steroid dienone is 1. The summed E-state index contributed by atoms with van der Waals surface area (Å²) in [7, 11) is 4.23. The normalized spacial score (nSPS) is 11.5. The maximum atomic E-state index is 13.0. The first-order chi connectivity index (χ1) is 12.3. The Labute approximate surface area is 148 Å². The number of rotatable bonds is 6. The Kier molecular flexibility index (Phi) is 5.92. The van der Waals surface area contributed by atoms with Crippen LogP contribution in [0.1, 0.15) is 21.5 Å². The van der Waals surface area contributed by atoms with E-state index in [2.05, 4.69) is 0 Å². The summed E-state index contributed by atoms with van der Waals surface area (Å²) in [5, 5.41) is 0. The number of methoxy groups -OCH3 is 3. The first-order valence-electron chi connectivity index (χ1n) is 7.50. The summed E-state index contributed by atoms with van der Waals surface area (Å²) in [6.07, 6.45) is -2.30. The van der Waals surface area contributed by atoms with Crippen LogP contribution in [0.25, 0.3) is 6.08 Å². The Morgan fingerprint density at radius 2 is 1.54 bits per heavy atom. The van der Waals surface area contributed by atoms with Crippen molar-refractivity contribution in [3.63, 3.8) is 0 Å². The zero-order valence-corrected chi connectivity index (χ0v) is 14.4. The first-order valence-corrected chi connectivity index (χ1v) is 7.50. The van der Waals surface area contributed by atoms with E-state index in [1.807, 2.05) is 0 Å². The van der Waals surface area contributed by atoms with Crippen molar-refractivity contribution in [1.29, 1.82) is 0 Å². The summed E-state index contributed by atoms with van der Waals surface area (Å²) in [4.78, 5) is 12.4. The van der Waals surface area contributed by atoms with Gasteiger partial charge in [0.15, 0.2) is 17.3 Å². The highest BCUT2D eigenvalue weighted by Gasteiger charge is 2.32. The van der Waals surface area contributed by atoms with Gasteiger partial charge in [-0.05, 0) is 29.8 Å². The number of carbonyl (C=O) groups excluding carboxylic acids is 1. The van der Waals surface area contributed by atoms with Crippen molar-refractivity contribution in [2.45, 2.75) is 6.18 Å². The predicted octanol–water partition coefficient (Wildman–Crippen LogP) is 4.63. The molecule has 0 aromatic heterocycles. The third-order valence-electron chi connectivity index (χ3n) is 3.63. The zero-order valence-electron chi connectivity index (χ0n) is 14.4. The standard InChI is InChI=1S/C19H17F3O4/c1-24-16-10-13(11-17(25-2)18(16)26-3)15(23)9-8-12-6-4-5-7-14(12)19(20,21)22/h4-11H,1-3H3. The SMILES string of the molecule is COc1cc(C(=O)C=Cc2ccccc2C(F)(F)F)cc(OC)c1OC. The number of ketones is 1. The number of hydrogen-bond acceptors (Lipinski definition) is 4. The van der Waals surface area contributed by atoms with Crippen LogP contribution in [-0.4, -0.2) is 27.1 Å². The fourth-order valence-corrected chi connectivity index (χ4v) is 2.39. The molecule has 0 heterocycles. The monoisotopic (exact) mass is 366 g/mol. The molecule has 0 fully saturated rings. The van der Waals surface area contributed by atoms with Gasteiger partial charge in [-0.1, -0.05) is 24.3 Å². The van der Waals surface area contributed by atoms with Crippen molar-refractivity contribution in [2.24, 2.45) is 0 Å². The van der Waals surface area contributed by atoms with Gasteiger partial charge in [-0.15, -0.1) is 0 Å². The third-order valence-corrected chi connectivity index (χ3v) is 3.63. The minimum absolute atomic E-state index is 0.0965. The van der Waals surface area contributed by atoms with Crippen LogP contribution in [0.2, 0.25) is 0 Å². The van der Waals surface area contributed by atoms with Crippen molar-refractivity contribution < 1.29 is 32.2 Å². The molecule has 0 aliphatic heterocycles. The molecule has 0 atom stereocenters. The maximum absolute atomic E-state index is 13.0. The van der Waals surface area contributed by atoms with E-state index in [4.69, 9.17) is 14.2 Å². The van der Waals surface area contributed by atoms with Crippen LogP contribution in [0.4, 0.5) is 13.2 Å². The van der Waals surface area contributed by atoms with Crippen molar-refractivity contribution in [1.82, 2.24) is 0 Å². The molecule has 0 amide bonds. The second-order valence-electron chi connectivity index (χ2n) is 5.20. The van der Waals surface area contributed by atoms with E-state index >= 15 is 0 Å². The Balaban J connectivity index is 2.38.